The van der Waals surface area contributed by atoms with E-state index in [2.05, 4.69) is 14.7 Å². The number of aromatic nitrogens is 2. The first-order chi connectivity index (χ1) is 9.67. The van der Waals surface area contributed by atoms with Crippen molar-refractivity contribution in [3.8, 4) is 11.5 Å². The number of H-pyrrole nitrogens is 1. The zero-order valence-electron chi connectivity index (χ0n) is 10.5. The van der Waals surface area contributed by atoms with E-state index in [0.29, 0.717) is 16.0 Å². The molecule has 20 heavy (non-hydrogen) atoms. The van der Waals surface area contributed by atoms with E-state index >= 15 is 0 Å². The number of rotatable bonds is 3. The summed E-state index contributed by atoms with van der Waals surface area (Å²) >= 11 is 1.12. The Morgan fingerprint density at radius 1 is 1.35 bits per heavy atom. The van der Waals surface area contributed by atoms with Gasteiger partial charge in [-0.1, -0.05) is 0 Å². The molecule has 0 saturated heterocycles. The lowest BCUT2D eigenvalue weighted by atomic mass is 10.3. The van der Waals surface area contributed by atoms with Gasteiger partial charge in [0.15, 0.2) is 5.82 Å². The molecular weight excluding hydrogens is 278 g/mol. The molecule has 0 aliphatic carbocycles. The Bertz CT molecular complexity index is 808. The molecule has 0 spiro atoms. The zero-order valence-corrected chi connectivity index (χ0v) is 11.3. The number of aromatic hydroxyl groups is 1. The number of anilines is 2. The summed E-state index contributed by atoms with van der Waals surface area (Å²) in [6.45, 7) is 0. The minimum absolute atomic E-state index is 0.0657. The minimum atomic E-state index is -0.368. The van der Waals surface area contributed by atoms with Crippen LogP contribution in [-0.2, 0) is 0 Å². The summed E-state index contributed by atoms with van der Waals surface area (Å²) in [4.78, 5) is 14.1. The van der Waals surface area contributed by atoms with Gasteiger partial charge in [-0.2, -0.15) is 4.37 Å². The SMILES string of the molecule is COc1ccc(Nc2nsc3c(O)cc(=O)[nH]c23)cc1. The number of benzene rings is 1. The van der Waals surface area contributed by atoms with Crippen LogP contribution >= 0.6 is 11.5 Å². The number of hydrogen-bond donors (Lipinski definition) is 3. The van der Waals surface area contributed by atoms with Crippen molar-refractivity contribution in [3.05, 3.63) is 40.7 Å². The van der Waals surface area contributed by atoms with Crippen LogP contribution < -0.4 is 15.6 Å². The van der Waals surface area contributed by atoms with E-state index in [4.69, 9.17) is 4.74 Å². The number of nitrogens with one attached hydrogen (secondary N) is 2. The fraction of sp³-hybridized carbons (Fsp3) is 0.0769. The van der Waals surface area contributed by atoms with Crippen molar-refractivity contribution in [2.45, 2.75) is 0 Å². The lowest BCUT2D eigenvalue weighted by Gasteiger charge is -2.05. The van der Waals surface area contributed by atoms with E-state index < -0.39 is 0 Å². The Hall–Kier alpha value is -2.54. The van der Waals surface area contributed by atoms with E-state index in [1.54, 1.807) is 7.11 Å². The highest BCUT2D eigenvalue weighted by molar-refractivity contribution is 7.14. The number of nitrogens with zero attached hydrogens (tertiary/aromatic N) is 1. The van der Waals surface area contributed by atoms with Gasteiger partial charge in [-0.05, 0) is 35.8 Å². The summed E-state index contributed by atoms with van der Waals surface area (Å²) in [5, 5.41) is 12.8. The number of aromatic amines is 1. The summed E-state index contributed by atoms with van der Waals surface area (Å²) < 4.78 is 9.83. The average molecular weight is 289 g/mol. The fourth-order valence-electron chi connectivity index (χ4n) is 1.83. The third-order valence-corrected chi connectivity index (χ3v) is 3.66. The van der Waals surface area contributed by atoms with Crippen LogP contribution in [0, 0.1) is 0 Å². The normalized spacial score (nSPS) is 10.7. The van der Waals surface area contributed by atoms with Gasteiger partial charge in [-0.15, -0.1) is 0 Å². The molecule has 1 aromatic carbocycles. The summed E-state index contributed by atoms with van der Waals surface area (Å²) in [5.74, 6) is 1.19. The first-order valence-corrected chi connectivity index (χ1v) is 6.57. The molecule has 0 saturated carbocycles. The number of hydrogen-bond acceptors (Lipinski definition) is 6. The van der Waals surface area contributed by atoms with Crippen LogP contribution in [0.1, 0.15) is 0 Å². The van der Waals surface area contributed by atoms with Gasteiger partial charge in [-0.3, -0.25) is 4.79 Å². The summed E-state index contributed by atoms with van der Waals surface area (Å²) in [7, 11) is 1.60. The lowest BCUT2D eigenvalue weighted by Crippen LogP contribution is -2.03. The van der Waals surface area contributed by atoms with Crippen LogP contribution in [0.25, 0.3) is 10.2 Å². The first kappa shape index (κ1) is 12.5. The maximum Gasteiger partial charge on any atom is 0.252 e. The Morgan fingerprint density at radius 3 is 2.80 bits per heavy atom. The third-order valence-electron chi connectivity index (χ3n) is 2.79. The zero-order chi connectivity index (χ0) is 14.1. The van der Waals surface area contributed by atoms with E-state index in [1.807, 2.05) is 24.3 Å². The van der Waals surface area contributed by atoms with Crippen LogP contribution in [0.15, 0.2) is 35.1 Å². The molecule has 0 unspecified atom stereocenters. The molecule has 0 atom stereocenters. The maximum atomic E-state index is 11.4. The molecule has 6 nitrogen and oxygen atoms in total. The molecular formula is C13H11N3O3S. The number of methoxy groups -OCH3 is 1. The van der Waals surface area contributed by atoms with Crippen molar-refractivity contribution in [1.82, 2.24) is 9.36 Å². The van der Waals surface area contributed by atoms with Crippen molar-refractivity contribution < 1.29 is 9.84 Å². The second-order valence-corrected chi connectivity index (χ2v) is 4.88. The number of fused-ring (bicyclic) bond motifs is 1. The number of pyridine rings is 1. The average Bonchev–Trinajstić information content (AvgIpc) is 2.83. The molecule has 0 amide bonds. The van der Waals surface area contributed by atoms with Crippen LogP contribution in [0.2, 0.25) is 0 Å². The topological polar surface area (TPSA) is 87.2 Å². The molecule has 0 fully saturated rings. The molecule has 0 aliphatic heterocycles. The molecule has 102 valence electrons. The Balaban J connectivity index is 2.00. The van der Waals surface area contributed by atoms with Gasteiger partial charge < -0.3 is 20.1 Å². The van der Waals surface area contributed by atoms with E-state index in [0.717, 1.165) is 29.0 Å². The van der Waals surface area contributed by atoms with Crippen molar-refractivity contribution >= 4 is 33.3 Å². The number of ether oxygens (including phenoxy) is 1. The van der Waals surface area contributed by atoms with Gasteiger partial charge in [0.1, 0.15) is 21.7 Å². The summed E-state index contributed by atoms with van der Waals surface area (Å²) in [6.07, 6.45) is 0. The Kier molecular flexibility index (Phi) is 3.03. The molecule has 3 rings (SSSR count). The van der Waals surface area contributed by atoms with E-state index in [-0.39, 0.29) is 11.3 Å². The van der Waals surface area contributed by atoms with Crippen LogP contribution in [0.5, 0.6) is 11.5 Å². The van der Waals surface area contributed by atoms with Crippen molar-refractivity contribution in [3.63, 3.8) is 0 Å². The van der Waals surface area contributed by atoms with Crippen LogP contribution in [-0.4, -0.2) is 21.6 Å². The molecule has 2 heterocycles. The van der Waals surface area contributed by atoms with Crippen LogP contribution in [0.4, 0.5) is 11.5 Å². The van der Waals surface area contributed by atoms with E-state index in [1.165, 1.54) is 0 Å². The first-order valence-electron chi connectivity index (χ1n) is 5.80. The smallest absolute Gasteiger partial charge is 0.252 e. The largest absolute Gasteiger partial charge is 0.506 e. The molecule has 7 heteroatoms. The minimum Gasteiger partial charge on any atom is -0.506 e. The summed E-state index contributed by atoms with van der Waals surface area (Å²) in [6, 6.07) is 8.45. The molecule has 2 aromatic heterocycles. The molecule has 0 bridgehead atoms. The highest BCUT2D eigenvalue weighted by Crippen LogP contribution is 2.32. The van der Waals surface area contributed by atoms with Crippen molar-refractivity contribution in [2.24, 2.45) is 0 Å². The van der Waals surface area contributed by atoms with Gasteiger partial charge in [0.25, 0.3) is 5.56 Å². The van der Waals surface area contributed by atoms with Gasteiger partial charge in [0.05, 0.1) is 7.11 Å². The molecule has 0 radical (unpaired) electrons. The molecule has 3 N–H and O–H groups in total. The quantitative estimate of drug-likeness (QED) is 0.689. The Morgan fingerprint density at radius 2 is 2.10 bits per heavy atom. The highest BCUT2D eigenvalue weighted by atomic mass is 32.1. The molecule has 3 aromatic rings. The second kappa shape index (κ2) is 4.86. The van der Waals surface area contributed by atoms with Crippen molar-refractivity contribution in [2.75, 3.05) is 12.4 Å². The fourth-order valence-corrected chi connectivity index (χ4v) is 2.54. The van der Waals surface area contributed by atoms with Gasteiger partial charge in [-0.25, -0.2) is 0 Å². The molecule has 0 aliphatic rings. The van der Waals surface area contributed by atoms with Gasteiger partial charge in [0.2, 0.25) is 0 Å². The lowest BCUT2D eigenvalue weighted by molar-refractivity contribution is 0.415. The standard InChI is InChI=1S/C13H11N3O3S/c1-19-8-4-2-7(3-5-8)14-13-11-12(20-16-13)9(17)6-10(18)15-11/h2-6H,1H3,(H,14,16)(H2,15,17,18). The highest BCUT2D eigenvalue weighted by Gasteiger charge is 2.11. The predicted octanol–water partition coefficient (Wildman–Crippen LogP) is 2.44. The van der Waals surface area contributed by atoms with Crippen LogP contribution in [0.3, 0.4) is 0 Å². The van der Waals surface area contributed by atoms with Crippen molar-refractivity contribution in [1.29, 1.82) is 0 Å². The van der Waals surface area contributed by atoms with Gasteiger partial charge in [0, 0.05) is 11.8 Å². The monoisotopic (exact) mass is 289 g/mol. The van der Waals surface area contributed by atoms with E-state index in [9.17, 15) is 9.90 Å². The maximum absolute atomic E-state index is 11.4. The Labute approximate surface area is 117 Å². The predicted molar refractivity (Wildman–Crippen MR) is 78.2 cm³/mol. The second-order valence-electron chi connectivity index (χ2n) is 4.11. The van der Waals surface area contributed by atoms with Gasteiger partial charge >= 0.3 is 0 Å². The third kappa shape index (κ3) is 2.19. The summed E-state index contributed by atoms with van der Waals surface area (Å²) in [5.41, 5.74) is 0.936.